The Morgan fingerprint density at radius 3 is 2.88 bits per heavy atom. The van der Waals surface area contributed by atoms with Gasteiger partial charge in [0.05, 0.1) is 6.10 Å². The Labute approximate surface area is 101 Å². The molecule has 0 aliphatic heterocycles. The van der Waals surface area contributed by atoms with Crippen LogP contribution in [0.4, 0.5) is 0 Å². The van der Waals surface area contributed by atoms with E-state index in [2.05, 4.69) is 30.2 Å². The van der Waals surface area contributed by atoms with E-state index in [9.17, 15) is 5.11 Å². The number of nitrogens with zero attached hydrogens (tertiary/aromatic N) is 3. The second-order valence-corrected chi connectivity index (χ2v) is 5.19. The van der Waals surface area contributed by atoms with Gasteiger partial charge in [0, 0.05) is 12.5 Å². The molecule has 1 N–H and O–H groups in total. The van der Waals surface area contributed by atoms with Crippen molar-refractivity contribution in [3.63, 3.8) is 0 Å². The number of thioether (sulfide) groups is 1. The van der Waals surface area contributed by atoms with Crippen LogP contribution >= 0.6 is 11.8 Å². The number of aliphatic hydroxyl groups is 1. The molecule has 0 aliphatic rings. The van der Waals surface area contributed by atoms with Gasteiger partial charge in [0.15, 0.2) is 0 Å². The molecule has 1 aromatic rings. The minimum absolute atomic E-state index is 0.297. The molecular formula is C11H21N3OS. The highest BCUT2D eigenvalue weighted by atomic mass is 32.2. The van der Waals surface area contributed by atoms with Crippen LogP contribution in [-0.4, -0.2) is 38.0 Å². The predicted octanol–water partition coefficient (Wildman–Crippen LogP) is 1.91. The molecule has 5 heteroatoms. The summed E-state index contributed by atoms with van der Waals surface area (Å²) in [5.41, 5.74) is 0. The largest absolute Gasteiger partial charge is 0.393 e. The number of hydrogen-bond acceptors (Lipinski definition) is 4. The Balaban J connectivity index is 2.43. The van der Waals surface area contributed by atoms with E-state index in [-0.39, 0.29) is 6.10 Å². The SMILES string of the molecule is CSCCCC(O)Cc1ncnn1C(C)C. The first-order valence-electron chi connectivity index (χ1n) is 5.70. The van der Waals surface area contributed by atoms with Crippen molar-refractivity contribution in [1.82, 2.24) is 14.8 Å². The molecule has 0 fully saturated rings. The summed E-state index contributed by atoms with van der Waals surface area (Å²) in [6, 6.07) is 0.302. The van der Waals surface area contributed by atoms with Crippen LogP contribution in [0.15, 0.2) is 6.33 Å². The molecule has 0 spiro atoms. The normalized spacial score (nSPS) is 13.3. The molecule has 1 rings (SSSR count). The van der Waals surface area contributed by atoms with E-state index in [1.165, 1.54) is 0 Å². The van der Waals surface area contributed by atoms with Crippen molar-refractivity contribution in [1.29, 1.82) is 0 Å². The minimum Gasteiger partial charge on any atom is -0.393 e. The minimum atomic E-state index is -0.297. The lowest BCUT2D eigenvalue weighted by molar-refractivity contribution is 0.159. The molecule has 4 nitrogen and oxygen atoms in total. The van der Waals surface area contributed by atoms with Crippen LogP contribution in [0.2, 0.25) is 0 Å². The first kappa shape index (κ1) is 13.5. The summed E-state index contributed by atoms with van der Waals surface area (Å²) in [5, 5.41) is 14.0. The van der Waals surface area contributed by atoms with E-state index in [1.807, 2.05) is 16.4 Å². The van der Waals surface area contributed by atoms with Gasteiger partial charge in [-0.25, -0.2) is 9.67 Å². The van der Waals surface area contributed by atoms with E-state index < -0.39 is 0 Å². The Hall–Kier alpha value is -0.550. The molecule has 0 amide bonds. The molecule has 1 unspecified atom stereocenters. The van der Waals surface area contributed by atoms with Crippen molar-refractivity contribution in [2.75, 3.05) is 12.0 Å². The number of aromatic nitrogens is 3. The van der Waals surface area contributed by atoms with E-state index in [1.54, 1.807) is 6.33 Å². The maximum Gasteiger partial charge on any atom is 0.138 e. The lowest BCUT2D eigenvalue weighted by atomic mass is 10.1. The molecule has 16 heavy (non-hydrogen) atoms. The third-order valence-corrected chi connectivity index (χ3v) is 3.14. The van der Waals surface area contributed by atoms with Crippen LogP contribution in [-0.2, 0) is 6.42 Å². The Morgan fingerprint density at radius 2 is 2.25 bits per heavy atom. The molecule has 1 aromatic heterocycles. The number of aliphatic hydroxyl groups excluding tert-OH is 1. The maximum absolute atomic E-state index is 9.86. The number of hydrogen-bond donors (Lipinski definition) is 1. The first-order chi connectivity index (χ1) is 7.65. The molecule has 0 saturated heterocycles. The molecule has 0 radical (unpaired) electrons. The van der Waals surface area contributed by atoms with Crippen LogP contribution in [0.5, 0.6) is 0 Å². The summed E-state index contributed by atoms with van der Waals surface area (Å²) < 4.78 is 1.87. The summed E-state index contributed by atoms with van der Waals surface area (Å²) in [6.45, 7) is 4.14. The van der Waals surface area contributed by atoms with Gasteiger partial charge in [-0.05, 0) is 38.7 Å². The summed E-state index contributed by atoms with van der Waals surface area (Å²) in [7, 11) is 0. The highest BCUT2D eigenvalue weighted by molar-refractivity contribution is 7.98. The fourth-order valence-electron chi connectivity index (χ4n) is 1.63. The average molecular weight is 243 g/mol. The topological polar surface area (TPSA) is 50.9 Å². The predicted molar refractivity (Wildman–Crippen MR) is 67.7 cm³/mol. The molecule has 0 bridgehead atoms. The summed E-state index contributed by atoms with van der Waals surface area (Å²) in [6.07, 6.45) is 5.84. The van der Waals surface area contributed by atoms with Crippen LogP contribution in [0.25, 0.3) is 0 Å². The fourth-order valence-corrected chi connectivity index (χ4v) is 2.08. The molecule has 0 aliphatic carbocycles. The molecule has 1 atom stereocenters. The van der Waals surface area contributed by atoms with Crippen LogP contribution in [0.3, 0.4) is 0 Å². The van der Waals surface area contributed by atoms with Crippen LogP contribution in [0, 0.1) is 0 Å². The van der Waals surface area contributed by atoms with Gasteiger partial charge < -0.3 is 5.11 Å². The Bertz CT molecular complexity index is 301. The second-order valence-electron chi connectivity index (χ2n) is 4.21. The average Bonchev–Trinajstić information content (AvgIpc) is 2.66. The van der Waals surface area contributed by atoms with Crippen LogP contribution < -0.4 is 0 Å². The lowest BCUT2D eigenvalue weighted by Gasteiger charge is -2.12. The Morgan fingerprint density at radius 1 is 1.50 bits per heavy atom. The summed E-state index contributed by atoms with van der Waals surface area (Å²) in [5.74, 6) is 1.99. The zero-order valence-electron chi connectivity index (χ0n) is 10.3. The van der Waals surface area contributed by atoms with Gasteiger partial charge in [-0.1, -0.05) is 0 Å². The maximum atomic E-state index is 9.86. The smallest absolute Gasteiger partial charge is 0.138 e. The van der Waals surface area contributed by atoms with Gasteiger partial charge >= 0.3 is 0 Å². The zero-order chi connectivity index (χ0) is 12.0. The summed E-state index contributed by atoms with van der Waals surface area (Å²) >= 11 is 1.82. The van der Waals surface area contributed by atoms with Crippen molar-refractivity contribution < 1.29 is 5.11 Å². The van der Waals surface area contributed by atoms with Gasteiger partial charge in [-0.15, -0.1) is 0 Å². The van der Waals surface area contributed by atoms with Crippen molar-refractivity contribution in [2.24, 2.45) is 0 Å². The van der Waals surface area contributed by atoms with E-state index in [0.717, 1.165) is 24.4 Å². The van der Waals surface area contributed by atoms with E-state index >= 15 is 0 Å². The Kier molecular flexibility index (Phi) is 5.84. The molecule has 0 aromatic carbocycles. The van der Waals surface area contributed by atoms with Gasteiger partial charge in [-0.3, -0.25) is 0 Å². The van der Waals surface area contributed by atoms with Gasteiger partial charge in [-0.2, -0.15) is 16.9 Å². The van der Waals surface area contributed by atoms with E-state index in [4.69, 9.17) is 0 Å². The fraction of sp³-hybridized carbons (Fsp3) is 0.818. The van der Waals surface area contributed by atoms with Gasteiger partial charge in [0.25, 0.3) is 0 Å². The van der Waals surface area contributed by atoms with Crippen molar-refractivity contribution >= 4 is 11.8 Å². The number of rotatable bonds is 7. The third kappa shape index (κ3) is 4.14. The molecule has 92 valence electrons. The monoisotopic (exact) mass is 243 g/mol. The van der Waals surface area contributed by atoms with Crippen molar-refractivity contribution in [3.8, 4) is 0 Å². The highest BCUT2D eigenvalue weighted by Gasteiger charge is 2.12. The second kappa shape index (κ2) is 6.91. The van der Waals surface area contributed by atoms with E-state index in [0.29, 0.717) is 12.5 Å². The highest BCUT2D eigenvalue weighted by Crippen LogP contribution is 2.10. The summed E-state index contributed by atoms with van der Waals surface area (Å²) in [4.78, 5) is 4.19. The van der Waals surface area contributed by atoms with Crippen molar-refractivity contribution in [2.45, 2.75) is 45.3 Å². The zero-order valence-corrected chi connectivity index (χ0v) is 11.1. The lowest BCUT2D eigenvalue weighted by Crippen LogP contribution is -2.16. The molecule has 1 heterocycles. The third-order valence-electron chi connectivity index (χ3n) is 2.44. The van der Waals surface area contributed by atoms with Crippen molar-refractivity contribution in [3.05, 3.63) is 12.2 Å². The van der Waals surface area contributed by atoms with Gasteiger partial charge in [0.2, 0.25) is 0 Å². The first-order valence-corrected chi connectivity index (χ1v) is 7.10. The quantitative estimate of drug-likeness (QED) is 0.743. The van der Waals surface area contributed by atoms with Gasteiger partial charge in [0.1, 0.15) is 12.2 Å². The standard InChI is InChI=1S/C11H21N3OS/c1-9(2)14-11(12-8-13-14)7-10(15)5-4-6-16-3/h8-10,15H,4-7H2,1-3H3. The van der Waals surface area contributed by atoms with Crippen LogP contribution in [0.1, 0.15) is 38.6 Å². The molecule has 0 saturated carbocycles. The molecular weight excluding hydrogens is 222 g/mol.